The molecule has 0 radical (unpaired) electrons. The summed E-state index contributed by atoms with van der Waals surface area (Å²) < 4.78 is 5.41. The second kappa shape index (κ2) is 8.25. The number of nitrogens with zero attached hydrogens (tertiary/aromatic N) is 2. The van der Waals surface area contributed by atoms with Crippen LogP contribution in [0.15, 0.2) is 90.6 Å². The standard InChI is InChI=1S/C25H22N2O3/c1-26(17-18-11-5-3-6-12-18)23-22(19-13-7-4-8-14-19)24(28)27(25(23)29)20-15-9-10-16-21(20)30-2/h3-16H,17H2,1-2H3. The maximum atomic E-state index is 13.5. The largest absolute Gasteiger partial charge is 0.495 e. The molecule has 150 valence electrons. The van der Waals surface area contributed by atoms with Crippen LogP contribution < -0.4 is 9.64 Å². The number of rotatable bonds is 6. The fraction of sp³-hybridized carbons (Fsp3) is 0.120. The van der Waals surface area contributed by atoms with Gasteiger partial charge in [-0.05, 0) is 23.3 Å². The van der Waals surface area contributed by atoms with E-state index in [-0.39, 0.29) is 11.8 Å². The van der Waals surface area contributed by atoms with Gasteiger partial charge in [-0.15, -0.1) is 0 Å². The fourth-order valence-electron chi connectivity index (χ4n) is 3.71. The van der Waals surface area contributed by atoms with Crippen LogP contribution in [0.5, 0.6) is 5.75 Å². The van der Waals surface area contributed by atoms with Crippen molar-refractivity contribution in [1.82, 2.24) is 4.90 Å². The molecule has 0 unspecified atom stereocenters. The van der Waals surface area contributed by atoms with E-state index in [4.69, 9.17) is 4.74 Å². The van der Waals surface area contributed by atoms with Crippen molar-refractivity contribution in [3.05, 3.63) is 102 Å². The highest BCUT2D eigenvalue weighted by Gasteiger charge is 2.42. The van der Waals surface area contributed by atoms with Crippen LogP contribution in [0, 0.1) is 0 Å². The zero-order valence-electron chi connectivity index (χ0n) is 16.9. The summed E-state index contributed by atoms with van der Waals surface area (Å²) in [6.45, 7) is 0.505. The lowest BCUT2D eigenvalue weighted by Gasteiger charge is -2.22. The fourth-order valence-corrected chi connectivity index (χ4v) is 3.71. The van der Waals surface area contributed by atoms with E-state index in [0.29, 0.717) is 34.8 Å². The third kappa shape index (κ3) is 3.46. The molecule has 0 N–H and O–H groups in total. The Hall–Kier alpha value is -3.86. The molecule has 2 amide bonds. The van der Waals surface area contributed by atoms with Crippen molar-refractivity contribution in [2.45, 2.75) is 6.54 Å². The molecule has 5 heteroatoms. The molecule has 1 heterocycles. The van der Waals surface area contributed by atoms with Gasteiger partial charge in [0.25, 0.3) is 11.8 Å². The third-order valence-electron chi connectivity index (χ3n) is 5.09. The lowest BCUT2D eigenvalue weighted by Crippen LogP contribution is -2.34. The average molecular weight is 398 g/mol. The van der Waals surface area contributed by atoms with E-state index in [1.54, 1.807) is 24.3 Å². The summed E-state index contributed by atoms with van der Waals surface area (Å²) in [5, 5.41) is 0. The second-order valence-electron chi connectivity index (χ2n) is 7.05. The number of hydrogen-bond donors (Lipinski definition) is 0. The zero-order valence-corrected chi connectivity index (χ0v) is 16.9. The van der Waals surface area contributed by atoms with Gasteiger partial charge in [0.05, 0.1) is 18.4 Å². The Morgan fingerprint density at radius 1 is 0.800 bits per heavy atom. The van der Waals surface area contributed by atoms with Crippen LogP contribution >= 0.6 is 0 Å². The molecule has 1 aliphatic heterocycles. The second-order valence-corrected chi connectivity index (χ2v) is 7.05. The van der Waals surface area contributed by atoms with Gasteiger partial charge in [-0.1, -0.05) is 72.8 Å². The molecule has 0 aromatic heterocycles. The number of methoxy groups -OCH3 is 1. The molecule has 5 nitrogen and oxygen atoms in total. The topological polar surface area (TPSA) is 49.9 Å². The number of para-hydroxylation sites is 2. The van der Waals surface area contributed by atoms with Crippen LogP contribution in [0.2, 0.25) is 0 Å². The molecule has 0 atom stereocenters. The molecular formula is C25H22N2O3. The molecule has 30 heavy (non-hydrogen) atoms. The molecule has 1 aliphatic rings. The summed E-state index contributed by atoms with van der Waals surface area (Å²) in [6.07, 6.45) is 0. The van der Waals surface area contributed by atoms with Gasteiger partial charge in [-0.3, -0.25) is 9.59 Å². The van der Waals surface area contributed by atoms with Gasteiger partial charge >= 0.3 is 0 Å². The Bertz CT molecular complexity index is 1110. The Kier molecular flexibility index (Phi) is 5.35. The highest BCUT2D eigenvalue weighted by atomic mass is 16.5. The number of hydrogen-bond acceptors (Lipinski definition) is 4. The number of carbonyl (C=O) groups excluding carboxylic acids is 2. The maximum Gasteiger partial charge on any atom is 0.282 e. The van der Waals surface area contributed by atoms with E-state index in [9.17, 15) is 9.59 Å². The molecule has 0 saturated carbocycles. The summed E-state index contributed by atoms with van der Waals surface area (Å²) in [4.78, 5) is 30.1. The number of imide groups is 1. The monoisotopic (exact) mass is 398 g/mol. The minimum Gasteiger partial charge on any atom is -0.495 e. The first-order valence-electron chi connectivity index (χ1n) is 9.68. The minimum atomic E-state index is -0.359. The van der Waals surface area contributed by atoms with Crippen LogP contribution in [0.4, 0.5) is 5.69 Å². The molecule has 3 aromatic carbocycles. The molecule has 0 spiro atoms. The molecule has 0 saturated heterocycles. The Balaban J connectivity index is 1.81. The number of amides is 2. The van der Waals surface area contributed by atoms with E-state index >= 15 is 0 Å². The minimum absolute atomic E-state index is 0.356. The summed E-state index contributed by atoms with van der Waals surface area (Å²) in [6, 6.07) is 26.2. The van der Waals surface area contributed by atoms with E-state index in [1.807, 2.05) is 72.6 Å². The van der Waals surface area contributed by atoms with Gasteiger partial charge < -0.3 is 9.64 Å². The average Bonchev–Trinajstić information content (AvgIpc) is 3.05. The Morgan fingerprint density at radius 3 is 2.07 bits per heavy atom. The zero-order chi connectivity index (χ0) is 21.1. The molecular weight excluding hydrogens is 376 g/mol. The summed E-state index contributed by atoms with van der Waals surface area (Å²) in [7, 11) is 3.36. The first-order valence-corrected chi connectivity index (χ1v) is 9.68. The van der Waals surface area contributed by atoms with Crippen LogP contribution in [-0.4, -0.2) is 30.9 Å². The predicted octanol–water partition coefficient (Wildman–Crippen LogP) is 4.11. The third-order valence-corrected chi connectivity index (χ3v) is 5.09. The number of likely N-dealkylation sites (N-methyl/N-ethyl adjacent to an activating group) is 1. The van der Waals surface area contributed by atoms with E-state index < -0.39 is 0 Å². The first kappa shape index (κ1) is 19.5. The van der Waals surface area contributed by atoms with E-state index in [1.165, 1.54) is 12.0 Å². The molecule has 0 aliphatic carbocycles. The van der Waals surface area contributed by atoms with Crippen LogP contribution in [0.25, 0.3) is 5.57 Å². The molecule has 4 rings (SSSR count). The summed E-state index contributed by atoms with van der Waals surface area (Å²) >= 11 is 0. The van der Waals surface area contributed by atoms with Gasteiger partial charge in [-0.25, -0.2) is 4.90 Å². The number of carbonyl (C=O) groups is 2. The first-order chi connectivity index (χ1) is 14.6. The molecule has 0 bridgehead atoms. The van der Waals surface area contributed by atoms with Gasteiger partial charge in [0.2, 0.25) is 0 Å². The van der Waals surface area contributed by atoms with Crippen molar-refractivity contribution in [3.8, 4) is 5.75 Å². The van der Waals surface area contributed by atoms with E-state index in [0.717, 1.165) is 5.56 Å². The molecule has 3 aromatic rings. The summed E-state index contributed by atoms with van der Waals surface area (Å²) in [5.41, 5.74) is 2.97. The van der Waals surface area contributed by atoms with Gasteiger partial charge in [-0.2, -0.15) is 0 Å². The van der Waals surface area contributed by atoms with Gasteiger partial charge in [0, 0.05) is 13.6 Å². The number of benzene rings is 3. The highest BCUT2D eigenvalue weighted by molar-refractivity contribution is 6.45. The lowest BCUT2D eigenvalue weighted by molar-refractivity contribution is -0.120. The van der Waals surface area contributed by atoms with Crippen LogP contribution in [-0.2, 0) is 16.1 Å². The normalized spacial score (nSPS) is 13.7. The van der Waals surface area contributed by atoms with Crippen molar-refractivity contribution < 1.29 is 14.3 Å². The van der Waals surface area contributed by atoms with Crippen molar-refractivity contribution in [2.75, 3.05) is 19.1 Å². The van der Waals surface area contributed by atoms with E-state index in [2.05, 4.69) is 0 Å². The maximum absolute atomic E-state index is 13.5. The van der Waals surface area contributed by atoms with Crippen molar-refractivity contribution in [1.29, 1.82) is 0 Å². The smallest absolute Gasteiger partial charge is 0.282 e. The summed E-state index contributed by atoms with van der Waals surface area (Å²) in [5.74, 6) is -0.244. The quantitative estimate of drug-likeness (QED) is 0.587. The van der Waals surface area contributed by atoms with Gasteiger partial charge in [0.15, 0.2) is 0 Å². The van der Waals surface area contributed by atoms with Crippen LogP contribution in [0.1, 0.15) is 11.1 Å². The van der Waals surface area contributed by atoms with Crippen molar-refractivity contribution >= 4 is 23.1 Å². The highest BCUT2D eigenvalue weighted by Crippen LogP contribution is 2.38. The SMILES string of the molecule is COc1ccccc1N1C(=O)C(c2ccccc2)=C(N(C)Cc2ccccc2)C1=O. The number of ether oxygens (including phenoxy) is 1. The van der Waals surface area contributed by atoms with Crippen LogP contribution in [0.3, 0.4) is 0 Å². The van der Waals surface area contributed by atoms with Crippen molar-refractivity contribution in [2.24, 2.45) is 0 Å². The van der Waals surface area contributed by atoms with Crippen molar-refractivity contribution in [3.63, 3.8) is 0 Å². The molecule has 0 fully saturated rings. The lowest BCUT2D eigenvalue weighted by atomic mass is 10.0. The van der Waals surface area contributed by atoms with Gasteiger partial charge in [0.1, 0.15) is 11.4 Å². The predicted molar refractivity (Wildman–Crippen MR) is 117 cm³/mol. The number of anilines is 1. The Labute approximate surface area is 175 Å². The Morgan fingerprint density at radius 2 is 1.40 bits per heavy atom.